The van der Waals surface area contributed by atoms with E-state index in [9.17, 15) is 4.79 Å². The highest BCUT2D eigenvalue weighted by atomic mass is 16.2. The third kappa shape index (κ3) is 4.20. The van der Waals surface area contributed by atoms with Crippen molar-refractivity contribution in [1.82, 2.24) is 10.2 Å². The van der Waals surface area contributed by atoms with Crippen molar-refractivity contribution in [3.05, 3.63) is 0 Å². The first kappa shape index (κ1) is 14.8. The van der Waals surface area contributed by atoms with Gasteiger partial charge in [0.1, 0.15) is 0 Å². The minimum atomic E-state index is -0.00843. The van der Waals surface area contributed by atoms with Gasteiger partial charge in [0.15, 0.2) is 0 Å². The Balaban J connectivity index is 1.74. The maximum atomic E-state index is 12.4. The van der Waals surface area contributed by atoms with E-state index in [0.29, 0.717) is 5.91 Å². The Kier molecular flexibility index (Phi) is 5.68. The molecule has 2 fully saturated rings. The highest BCUT2D eigenvalue weighted by Gasteiger charge is 2.26. The van der Waals surface area contributed by atoms with Gasteiger partial charge >= 0.3 is 0 Å². The van der Waals surface area contributed by atoms with Crippen molar-refractivity contribution in [2.45, 2.75) is 64.8 Å². The number of hydrogen-bond donors (Lipinski definition) is 1. The van der Waals surface area contributed by atoms with Crippen LogP contribution < -0.4 is 5.32 Å². The average Bonchev–Trinajstić information content (AvgIpc) is 2.68. The number of nitrogens with one attached hydrogen (secondary N) is 1. The molecule has 0 bridgehead atoms. The third-order valence-corrected chi connectivity index (χ3v) is 5.01. The lowest BCUT2D eigenvalue weighted by Crippen LogP contribution is -2.46. The monoisotopic (exact) mass is 266 g/mol. The van der Waals surface area contributed by atoms with Crippen LogP contribution in [0.25, 0.3) is 0 Å². The largest absolute Gasteiger partial charge is 0.341 e. The van der Waals surface area contributed by atoms with Crippen LogP contribution in [0.3, 0.4) is 0 Å². The lowest BCUT2D eigenvalue weighted by atomic mass is 9.98. The number of likely N-dealkylation sites (tertiary alicyclic amines) is 1. The van der Waals surface area contributed by atoms with Crippen molar-refractivity contribution in [3.63, 3.8) is 0 Å². The molecule has 0 aromatic rings. The lowest BCUT2D eigenvalue weighted by Gasteiger charge is -2.26. The number of carbonyl (C=O) groups excluding carboxylic acids is 1. The molecule has 0 aromatic heterocycles. The van der Waals surface area contributed by atoms with Crippen LogP contribution in [-0.4, -0.2) is 36.5 Å². The van der Waals surface area contributed by atoms with Gasteiger partial charge in [-0.05, 0) is 44.6 Å². The van der Waals surface area contributed by atoms with Crippen LogP contribution in [0.5, 0.6) is 0 Å². The highest BCUT2D eigenvalue weighted by molar-refractivity contribution is 5.81. The van der Waals surface area contributed by atoms with Crippen molar-refractivity contribution in [2.24, 2.45) is 11.8 Å². The molecule has 3 atom stereocenters. The topological polar surface area (TPSA) is 32.3 Å². The van der Waals surface area contributed by atoms with Crippen molar-refractivity contribution in [3.8, 4) is 0 Å². The van der Waals surface area contributed by atoms with E-state index in [2.05, 4.69) is 17.1 Å². The Morgan fingerprint density at radius 3 is 2.42 bits per heavy atom. The molecule has 3 unspecified atom stereocenters. The molecule has 1 heterocycles. The summed E-state index contributed by atoms with van der Waals surface area (Å²) in [6, 6.07) is -0.00843. The summed E-state index contributed by atoms with van der Waals surface area (Å²) in [5.41, 5.74) is 0. The summed E-state index contributed by atoms with van der Waals surface area (Å²) in [6.07, 6.45) is 8.98. The van der Waals surface area contributed by atoms with E-state index in [1.165, 1.54) is 44.9 Å². The Morgan fingerprint density at radius 1 is 1.16 bits per heavy atom. The highest BCUT2D eigenvalue weighted by Crippen LogP contribution is 2.30. The van der Waals surface area contributed by atoms with E-state index < -0.39 is 0 Å². The molecule has 0 spiro atoms. The molecular weight excluding hydrogens is 236 g/mol. The van der Waals surface area contributed by atoms with Gasteiger partial charge in [0.25, 0.3) is 0 Å². The fourth-order valence-corrected chi connectivity index (χ4v) is 3.51. The molecular formula is C16H30N2O. The molecule has 2 rings (SSSR count). The van der Waals surface area contributed by atoms with Gasteiger partial charge in [-0.15, -0.1) is 0 Å². The maximum Gasteiger partial charge on any atom is 0.239 e. The predicted octanol–water partition coefficient (Wildman–Crippen LogP) is 2.80. The first-order valence-electron chi connectivity index (χ1n) is 8.20. The van der Waals surface area contributed by atoms with E-state index in [-0.39, 0.29) is 6.04 Å². The molecule has 3 heteroatoms. The molecule has 1 saturated carbocycles. The summed E-state index contributed by atoms with van der Waals surface area (Å²) in [6.45, 7) is 7.32. The molecule has 2 aliphatic rings. The van der Waals surface area contributed by atoms with Crippen LogP contribution in [0.15, 0.2) is 0 Å². The van der Waals surface area contributed by atoms with Gasteiger partial charge in [0, 0.05) is 13.1 Å². The summed E-state index contributed by atoms with van der Waals surface area (Å²) < 4.78 is 0. The van der Waals surface area contributed by atoms with Crippen LogP contribution in [0.1, 0.15) is 58.8 Å². The van der Waals surface area contributed by atoms with Crippen LogP contribution in [0.2, 0.25) is 0 Å². The molecule has 0 aromatic carbocycles. The number of hydrogen-bond acceptors (Lipinski definition) is 2. The van der Waals surface area contributed by atoms with E-state index >= 15 is 0 Å². The van der Waals surface area contributed by atoms with E-state index in [0.717, 1.165) is 31.5 Å². The average molecular weight is 266 g/mol. The molecule has 1 saturated heterocycles. The van der Waals surface area contributed by atoms with Gasteiger partial charge in [0.05, 0.1) is 6.04 Å². The Bertz CT molecular complexity index is 284. The molecule has 1 N–H and O–H groups in total. The van der Waals surface area contributed by atoms with E-state index in [1.54, 1.807) is 0 Å². The molecule has 1 amide bonds. The predicted molar refractivity (Wildman–Crippen MR) is 79.0 cm³/mol. The van der Waals surface area contributed by atoms with Gasteiger partial charge < -0.3 is 10.2 Å². The molecule has 110 valence electrons. The standard InChI is InChI=1S/C16H30N2O/c1-13-8-7-9-15(13)12-17-14(2)16(19)18-10-5-3-4-6-11-18/h13-15,17H,3-12H2,1-2H3. The van der Waals surface area contributed by atoms with Gasteiger partial charge in [0.2, 0.25) is 5.91 Å². The van der Waals surface area contributed by atoms with Gasteiger partial charge in [-0.3, -0.25) is 4.79 Å². The third-order valence-electron chi connectivity index (χ3n) is 5.01. The minimum Gasteiger partial charge on any atom is -0.341 e. The summed E-state index contributed by atoms with van der Waals surface area (Å²) >= 11 is 0. The van der Waals surface area contributed by atoms with Crippen molar-refractivity contribution < 1.29 is 4.79 Å². The molecule has 1 aliphatic heterocycles. The Morgan fingerprint density at radius 2 is 1.84 bits per heavy atom. The molecule has 3 nitrogen and oxygen atoms in total. The Hall–Kier alpha value is -0.570. The zero-order chi connectivity index (χ0) is 13.7. The second-order valence-electron chi connectivity index (χ2n) is 6.54. The smallest absolute Gasteiger partial charge is 0.239 e. The number of rotatable bonds is 4. The minimum absolute atomic E-state index is 0.00843. The summed E-state index contributed by atoms with van der Waals surface area (Å²) in [4.78, 5) is 14.5. The van der Waals surface area contributed by atoms with Crippen LogP contribution in [-0.2, 0) is 4.79 Å². The zero-order valence-electron chi connectivity index (χ0n) is 12.7. The van der Waals surface area contributed by atoms with Gasteiger partial charge in [-0.1, -0.05) is 32.6 Å². The molecule has 19 heavy (non-hydrogen) atoms. The zero-order valence-corrected chi connectivity index (χ0v) is 12.7. The fourth-order valence-electron chi connectivity index (χ4n) is 3.51. The summed E-state index contributed by atoms with van der Waals surface area (Å²) in [5, 5.41) is 3.48. The van der Waals surface area contributed by atoms with Gasteiger partial charge in [-0.2, -0.15) is 0 Å². The number of amides is 1. The molecule has 1 aliphatic carbocycles. The number of nitrogens with zero attached hydrogens (tertiary/aromatic N) is 1. The number of carbonyl (C=O) groups is 1. The molecule has 0 radical (unpaired) electrons. The second-order valence-corrected chi connectivity index (χ2v) is 6.54. The van der Waals surface area contributed by atoms with Crippen molar-refractivity contribution >= 4 is 5.91 Å². The Labute approximate surface area is 118 Å². The maximum absolute atomic E-state index is 12.4. The quantitative estimate of drug-likeness (QED) is 0.848. The van der Waals surface area contributed by atoms with E-state index in [1.807, 2.05) is 6.92 Å². The van der Waals surface area contributed by atoms with Gasteiger partial charge in [-0.25, -0.2) is 0 Å². The lowest BCUT2D eigenvalue weighted by molar-refractivity contribution is -0.133. The van der Waals surface area contributed by atoms with Crippen LogP contribution in [0.4, 0.5) is 0 Å². The second kappa shape index (κ2) is 7.28. The van der Waals surface area contributed by atoms with Crippen molar-refractivity contribution in [2.75, 3.05) is 19.6 Å². The fraction of sp³-hybridized carbons (Fsp3) is 0.938. The van der Waals surface area contributed by atoms with E-state index in [4.69, 9.17) is 0 Å². The van der Waals surface area contributed by atoms with Crippen molar-refractivity contribution in [1.29, 1.82) is 0 Å². The first-order chi connectivity index (χ1) is 9.18. The SMILES string of the molecule is CC(NCC1CCCC1C)C(=O)N1CCCCCC1. The van der Waals surface area contributed by atoms with Crippen LogP contribution >= 0.6 is 0 Å². The normalized spacial score (nSPS) is 30.1. The first-order valence-corrected chi connectivity index (χ1v) is 8.20. The van der Waals surface area contributed by atoms with Crippen LogP contribution in [0, 0.1) is 11.8 Å². The summed E-state index contributed by atoms with van der Waals surface area (Å²) in [5.74, 6) is 1.92. The summed E-state index contributed by atoms with van der Waals surface area (Å²) in [7, 11) is 0.